The number of hydrazone groups is 1. The first kappa shape index (κ1) is 9.83. The van der Waals surface area contributed by atoms with Gasteiger partial charge in [-0.25, -0.2) is 0 Å². The molecule has 0 unspecified atom stereocenters. The monoisotopic (exact) mass is 198 g/mol. The van der Waals surface area contributed by atoms with E-state index in [1.165, 1.54) is 0 Å². The van der Waals surface area contributed by atoms with E-state index in [0.717, 1.165) is 5.56 Å². The minimum absolute atomic E-state index is 0.255. The predicted molar refractivity (Wildman–Crippen MR) is 54.3 cm³/mol. The van der Waals surface area contributed by atoms with Gasteiger partial charge in [-0.1, -0.05) is 23.7 Å². The molecule has 6 N–H and O–H groups in total. The average Bonchev–Trinajstić information content (AvgIpc) is 2.16. The standard InChI is InChI=1S/C8H11ClN4/c9-7-3-5(8(11)13-12)1-2-6(7)4-10/h1-3H,4,10,12H2,(H2,11,13). The molecule has 0 heterocycles. The smallest absolute Gasteiger partial charge is 0.150 e. The van der Waals surface area contributed by atoms with Crippen LogP contribution in [0.1, 0.15) is 11.1 Å². The van der Waals surface area contributed by atoms with Crippen molar-refractivity contribution in [1.29, 1.82) is 0 Å². The zero-order chi connectivity index (χ0) is 9.84. The van der Waals surface area contributed by atoms with Gasteiger partial charge in [0.05, 0.1) is 0 Å². The molecule has 0 bridgehead atoms. The fourth-order valence-electron chi connectivity index (χ4n) is 0.947. The molecule has 1 rings (SSSR count). The second-order valence-corrected chi connectivity index (χ2v) is 2.93. The van der Waals surface area contributed by atoms with Crippen LogP contribution in [0.3, 0.4) is 0 Å². The van der Waals surface area contributed by atoms with Crippen molar-refractivity contribution in [1.82, 2.24) is 0 Å². The topological polar surface area (TPSA) is 90.4 Å². The first-order chi connectivity index (χ1) is 6.19. The lowest BCUT2D eigenvalue weighted by Gasteiger charge is -2.03. The molecule has 0 fully saturated rings. The van der Waals surface area contributed by atoms with E-state index in [2.05, 4.69) is 5.10 Å². The summed E-state index contributed by atoms with van der Waals surface area (Å²) in [5.74, 6) is 5.27. The Morgan fingerprint density at radius 2 is 2.15 bits per heavy atom. The maximum absolute atomic E-state index is 5.90. The fraction of sp³-hybridized carbons (Fsp3) is 0.125. The second-order valence-electron chi connectivity index (χ2n) is 2.52. The van der Waals surface area contributed by atoms with Crippen LogP contribution in [-0.4, -0.2) is 5.84 Å². The summed E-state index contributed by atoms with van der Waals surface area (Å²) in [5, 5.41) is 3.94. The van der Waals surface area contributed by atoms with Gasteiger partial charge in [0.15, 0.2) is 0 Å². The first-order valence-electron chi connectivity index (χ1n) is 3.71. The number of benzene rings is 1. The van der Waals surface area contributed by atoms with Gasteiger partial charge in [-0.2, -0.15) is 5.10 Å². The van der Waals surface area contributed by atoms with Crippen LogP contribution in [-0.2, 0) is 6.54 Å². The summed E-state index contributed by atoms with van der Waals surface area (Å²) >= 11 is 5.90. The molecule has 0 aliphatic rings. The van der Waals surface area contributed by atoms with Gasteiger partial charge in [-0.3, -0.25) is 0 Å². The summed E-state index contributed by atoms with van der Waals surface area (Å²) < 4.78 is 0. The Labute approximate surface area is 81.3 Å². The second kappa shape index (κ2) is 4.11. The van der Waals surface area contributed by atoms with Crippen LogP contribution >= 0.6 is 11.6 Å². The number of halogens is 1. The van der Waals surface area contributed by atoms with Gasteiger partial charge in [0, 0.05) is 17.1 Å². The molecule has 0 radical (unpaired) electrons. The third-order valence-corrected chi connectivity index (χ3v) is 2.06. The maximum Gasteiger partial charge on any atom is 0.150 e. The predicted octanol–water partition coefficient (Wildman–Crippen LogP) is 0.378. The van der Waals surface area contributed by atoms with Gasteiger partial charge in [-0.15, -0.1) is 0 Å². The number of rotatable bonds is 2. The van der Waals surface area contributed by atoms with Gasteiger partial charge in [-0.05, 0) is 11.6 Å². The van der Waals surface area contributed by atoms with E-state index >= 15 is 0 Å². The van der Waals surface area contributed by atoms with Crippen LogP contribution in [0.5, 0.6) is 0 Å². The number of hydrogen-bond donors (Lipinski definition) is 3. The van der Waals surface area contributed by atoms with E-state index in [1.807, 2.05) is 0 Å². The van der Waals surface area contributed by atoms with Crippen LogP contribution < -0.4 is 17.3 Å². The molecule has 4 nitrogen and oxygen atoms in total. The van der Waals surface area contributed by atoms with Crippen molar-refractivity contribution in [2.75, 3.05) is 0 Å². The highest BCUT2D eigenvalue weighted by Crippen LogP contribution is 2.16. The molecule has 0 amide bonds. The molecule has 0 aromatic heterocycles. The zero-order valence-corrected chi connectivity index (χ0v) is 7.75. The minimum atomic E-state index is 0.255. The molecular weight excluding hydrogens is 188 g/mol. The molecule has 1 aromatic rings. The molecule has 0 aliphatic heterocycles. The lowest BCUT2D eigenvalue weighted by Crippen LogP contribution is -2.15. The van der Waals surface area contributed by atoms with Crippen LogP contribution in [0, 0.1) is 0 Å². The SMILES string of the molecule is NCc1ccc(/C(N)=N/N)cc1Cl. The van der Waals surface area contributed by atoms with Crippen LogP contribution in [0.4, 0.5) is 0 Å². The number of nitrogens with zero attached hydrogens (tertiary/aromatic N) is 1. The average molecular weight is 199 g/mol. The third kappa shape index (κ3) is 2.11. The molecular formula is C8H11ClN4. The first-order valence-corrected chi connectivity index (χ1v) is 4.09. The normalized spacial score (nSPS) is 11.7. The van der Waals surface area contributed by atoms with E-state index in [-0.39, 0.29) is 5.84 Å². The van der Waals surface area contributed by atoms with Gasteiger partial charge < -0.3 is 17.3 Å². The zero-order valence-electron chi connectivity index (χ0n) is 7.00. The third-order valence-electron chi connectivity index (χ3n) is 1.71. The Morgan fingerprint density at radius 3 is 2.62 bits per heavy atom. The lowest BCUT2D eigenvalue weighted by atomic mass is 10.1. The number of hydrogen-bond acceptors (Lipinski definition) is 3. The number of amidine groups is 1. The van der Waals surface area contributed by atoms with Crippen molar-refractivity contribution in [3.8, 4) is 0 Å². The number of nitrogens with two attached hydrogens (primary N) is 3. The van der Waals surface area contributed by atoms with E-state index < -0.39 is 0 Å². The van der Waals surface area contributed by atoms with Gasteiger partial charge >= 0.3 is 0 Å². The molecule has 70 valence electrons. The summed E-state index contributed by atoms with van der Waals surface area (Å²) in [5.41, 5.74) is 12.5. The largest absolute Gasteiger partial charge is 0.382 e. The summed E-state index contributed by atoms with van der Waals surface area (Å²) in [6.07, 6.45) is 0. The lowest BCUT2D eigenvalue weighted by molar-refractivity contribution is 1.07. The summed E-state index contributed by atoms with van der Waals surface area (Å²) in [7, 11) is 0. The summed E-state index contributed by atoms with van der Waals surface area (Å²) in [4.78, 5) is 0. The van der Waals surface area contributed by atoms with Crippen molar-refractivity contribution in [2.24, 2.45) is 22.4 Å². The molecule has 5 heteroatoms. The van der Waals surface area contributed by atoms with Crippen molar-refractivity contribution in [3.05, 3.63) is 34.3 Å². The van der Waals surface area contributed by atoms with Crippen LogP contribution in [0.25, 0.3) is 0 Å². The molecule has 0 atom stereocenters. The van der Waals surface area contributed by atoms with Crippen molar-refractivity contribution >= 4 is 17.4 Å². The van der Waals surface area contributed by atoms with E-state index in [9.17, 15) is 0 Å². The molecule has 0 aliphatic carbocycles. The quantitative estimate of drug-likeness (QED) is 0.278. The van der Waals surface area contributed by atoms with Crippen LogP contribution in [0.2, 0.25) is 5.02 Å². The Bertz CT molecular complexity index is 335. The highest BCUT2D eigenvalue weighted by atomic mass is 35.5. The van der Waals surface area contributed by atoms with E-state index in [0.29, 0.717) is 17.1 Å². The fourth-order valence-corrected chi connectivity index (χ4v) is 1.20. The van der Waals surface area contributed by atoms with Crippen molar-refractivity contribution in [3.63, 3.8) is 0 Å². The van der Waals surface area contributed by atoms with Gasteiger partial charge in [0.2, 0.25) is 0 Å². The van der Waals surface area contributed by atoms with E-state index in [1.54, 1.807) is 18.2 Å². The molecule has 0 saturated heterocycles. The van der Waals surface area contributed by atoms with Gasteiger partial charge in [0.1, 0.15) is 5.84 Å². The molecule has 0 saturated carbocycles. The Kier molecular flexibility index (Phi) is 3.11. The minimum Gasteiger partial charge on any atom is -0.382 e. The van der Waals surface area contributed by atoms with Gasteiger partial charge in [0.25, 0.3) is 0 Å². The summed E-state index contributed by atoms with van der Waals surface area (Å²) in [6, 6.07) is 5.27. The van der Waals surface area contributed by atoms with Crippen LogP contribution in [0.15, 0.2) is 23.3 Å². The molecule has 13 heavy (non-hydrogen) atoms. The van der Waals surface area contributed by atoms with Crippen molar-refractivity contribution < 1.29 is 0 Å². The van der Waals surface area contributed by atoms with E-state index in [4.69, 9.17) is 28.9 Å². The highest BCUT2D eigenvalue weighted by Gasteiger charge is 2.02. The summed E-state index contributed by atoms with van der Waals surface area (Å²) in [6.45, 7) is 0.402. The maximum atomic E-state index is 5.90. The Hall–Kier alpha value is -1.26. The van der Waals surface area contributed by atoms with Crippen molar-refractivity contribution in [2.45, 2.75) is 6.54 Å². The highest BCUT2D eigenvalue weighted by molar-refractivity contribution is 6.31. The Morgan fingerprint density at radius 1 is 1.46 bits per heavy atom. The molecule has 0 spiro atoms. The molecule has 1 aromatic carbocycles. The Balaban J connectivity index is 3.10.